The summed E-state index contributed by atoms with van der Waals surface area (Å²) < 4.78 is 27.5. The maximum atomic E-state index is 13.8. The molecule has 1 aromatic carbocycles. The molecule has 20 heavy (non-hydrogen) atoms. The van der Waals surface area contributed by atoms with E-state index in [-0.39, 0.29) is 5.56 Å². The van der Waals surface area contributed by atoms with Crippen molar-refractivity contribution in [3.63, 3.8) is 0 Å². The molecule has 0 saturated carbocycles. The highest BCUT2D eigenvalue weighted by Crippen LogP contribution is 2.18. The monoisotopic (exact) mass is 282 g/mol. The van der Waals surface area contributed by atoms with E-state index < -0.39 is 11.6 Å². The first-order valence-electron chi connectivity index (χ1n) is 7.56. The molecule has 112 valence electrons. The number of piperidine rings is 1. The van der Waals surface area contributed by atoms with Crippen molar-refractivity contribution in [3.05, 3.63) is 35.4 Å². The summed E-state index contributed by atoms with van der Waals surface area (Å²) in [7, 11) is 0. The van der Waals surface area contributed by atoms with Crippen LogP contribution < -0.4 is 5.32 Å². The van der Waals surface area contributed by atoms with E-state index >= 15 is 0 Å². The van der Waals surface area contributed by atoms with E-state index in [0.717, 1.165) is 45.4 Å². The quantitative estimate of drug-likeness (QED) is 0.862. The maximum Gasteiger partial charge on any atom is 0.130 e. The van der Waals surface area contributed by atoms with Crippen LogP contribution in [0.1, 0.15) is 31.7 Å². The minimum absolute atomic E-state index is 0.204. The second-order valence-electron chi connectivity index (χ2n) is 5.63. The van der Waals surface area contributed by atoms with Gasteiger partial charge in [-0.15, -0.1) is 0 Å². The Hall–Kier alpha value is -1.00. The Labute approximate surface area is 120 Å². The Morgan fingerprint density at radius 2 is 1.85 bits per heavy atom. The third-order valence-electron chi connectivity index (χ3n) is 3.96. The molecule has 0 aliphatic carbocycles. The molecule has 0 atom stereocenters. The van der Waals surface area contributed by atoms with Gasteiger partial charge in [-0.05, 0) is 56.9 Å². The van der Waals surface area contributed by atoms with Crippen LogP contribution in [0, 0.1) is 17.6 Å². The van der Waals surface area contributed by atoms with E-state index in [0.29, 0.717) is 12.5 Å². The zero-order chi connectivity index (χ0) is 14.4. The molecule has 0 aromatic heterocycles. The predicted molar refractivity (Wildman–Crippen MR) is 77.5 cm³/mol. The van der Waals surface area contributed by atoms with Crippen LogP contribution in [0.2, 0.25) is 0 Å². The van der Waals surface area contributed by atoms with Crippen LogP contribution in [-0.4, -0.2) is 31.1 Å². The normalized spacial score (nSPS) is 16.8. The average molecular weight is 282 g/mol. The minimum Gasteiger partial charge on any atom is -0.317 e. The van der Waals surface area contributed by atoms with E-state index in [1.165, 1.54) is 18.2 Å². The number of halogens is 2. The molecule has 1 N–H and O–H groups in total. The highest BCUT2D eigenvalue weighted by Gasteiger charge is 2.19. The number of nitrogens with zero attached hydrogens (tertiary/aromatic N) is 1. The van der Waals surface area contributed by atoms with Crippen LogP contribution >= 0.6 is 0 Å². The Kier molecular flexibility index (Phi) is 5.92. The van der Waals surface area contributed by atoms with Crippen molar-refractivity contribution in [1.82, 2.24) is 10.2 Å². The molecule has 1 aliphatic heterocycles. The fourth-order valence-corrected chi connectivity index (χ4v) is 2.89. The van der Waals surface area contributed by atoms with Crippen molar-refractivity contribution in [3.8, 4) is 0 Å². The summed E-state index contributed by atoms with van der Waals surface area (Å²) in [6.07, 6.45) is 3.31. The summed E-state index contributed by atoms with van der Waals surface area (Å²) in [6, 6.07) is 4.10. The van der Waals surface area contributed by atoms with Gasteiger partial charge >= 0.3 is 0 Å². The summed E-state index contributed by atoms with van der Waals surface area (Å²) in [4.78, 5) is 2.19. The van der Waals surface area contributed by atoms with Crippen LogP contribution in [0.5, 0.6) is 0 Å². The van der Waals surface area contributed by atoms with Gasteiger partial charge in [0.15, 0.2) is 0 Å². The molecule has 1 saturated heterocycles. The van der Waals surface area contributed by atoms with Gasteiger partial charge in [-0.25, -0.2) is 8.78 Å². The van der Waals surface area contributed by atoms with Gasteiger partial charge in [0.1, 0.15) is 11.6 Å². The zero-order valence-corrected chi connectivity index (χ0v) is 12.2. The SMILES string of the molecule is CCCN(Cc1c(F)cccc1F)CC1CCNCC1. The zero-order valence-electron chi connectivity index (χ0n) is 12.2. The molecular formula is C16H24F2N2. The summed E-state index contributed by atoms with van der Waals surface area (Å²) in [5, 5.41) is 3.35. The molecule has 0 radical (unpaired) electrons. The van der Waals surface area contributed by atoms with Crippen molar-refractivity contribution in [1.29, 1.82) is 0 Å². The minimum atomic E-state index is -0.434. The van der Waals surface area contributed by atoms with Crippen LogP contribution in [0.4, 0.5) is 8.78 Å². The van der Waals surface area contributed by atoms with Gasteiger partial charge in [0.2, 0.25) is 0 Å². The second kappa shape index (κ2) is 7.70. The molecule has 1 aromatic rings. The third-order valence-corrected chi connectivity index (χ3v) is 3.96. The maximum absolute atomic E-state index is 13.8. The first-order valence-corrected chi connectivity index (χ1v) is 7.56. The van der Waals surface area contributed by atoms with Crippen molar-refractivity contribution in [2.75, 3.05) is 26.2 Å². The topological polar surface area (TPSA) is 15.3 Å². The van der Waals surface area contributed by atoms with E-state index in [9.17, 15) is 8.78 Å². The van der Waals surface area contributed by atoms with Gasteiger partial charge in [0.05, 0.1) is 0 Å². The standard InChI is InChI=1S/C16H24F2N2/c1-2-10-20(11-13-6-8-19-9-7-13)12-14-15(17)4-3-5-16(14)18/h3-5,13,19H,2,6-12H2,1H3. The molecular weight excluding hydrogens is 258 g/mol. The van der Waals surface area contributed by atoms with Gasteiger partial charge in [-0.2, -0.15) is 0 Å². The lowest BCUT2D eigenvalue weighted by molar-refractivity contribution is 0.194. The van der Waals surface area contributed by atoms with Crippen molar-refractivity contribution in [2.45, 2.75) is 32.7 Å². The fourth-order valence-electron chi connectivity index (χ4n) is 2.89. The molecule has 0 amide bonds. The lowest BCUT2D eigenvalue weighted by Crippen LogP contribution is -2.36. The first-order chi connectivity index (χ1) is 9.70. The van der Waals surface area contributed by atoms with Crippen LogP contribution in [0.3, 0.4) is 0 Å². The van der Waals surface area contributed by atoms with E-state index in [1.54, 1.807) is 0 Å². The molecule has 1 heterocycles. The Morgan fingerprint density at radius 3 is 2.45 bits per heavy atom. The fraction of sp³-hybridized carbons (Fsp3) is 0.625. The third kappa shape index (κ3) is 4.25. The second-order valence-corrected chi connectivity index (χ2v) is 5.63. The van der Waals surface area contributed by atoms with Gasteiger partial charge < -0.3 is 5.32 Å². The molecule has 2 rings (SSSR count). The van der Waals surface area contributed by atoms with Gasteiger partial charge in [0, 0.05) is 18.7 Å². The van der Waals surface area contributed by atoms with Gasteiger partial charge in [-0.3, -0.25) is 4.90 Å². The number of hydrogen-bond donors (Lipinski definition) is 1. The molecule has 0 spiro atoms. The Bertz CT molecular complexity index is 397. The van der Waals surface area contributed by atoms with E-state index in [4.69, 9.17) is 0 Å². The van der Waals surface area contributed by atoms with Gasteiger partial charge in [0.25, 0.3) is 0 Å². The Balaban J connectivity index is 2.00. The van der Waals surface area contributed by atoms with Crippen LogP contribution in [0.25, 0.3) is 0 Å². The summed E-state index contributed by atoms with van der Waals surface area (Å²) in [6.45, 7) is 6.40. The summed E-state index contributed by atoms with van der Waals surface area (Å²) >= 11 is 0. The van der Waals surface area contributed by atoms with Gasteiger partial charge in [-0.1, -0.05) is 13.0 Å². The lowest BCUT2D eigenvalue weighted by atomic mass is 9.97. The van der Waals surface area contributed by atoms with Crippen LogP contribution in [-0.2, 0) is 6.54 Å². The number of rotatable bonds is 6. The van der Waals surface area contributed by atoms with Crippen molar-refractivity contribution in [2.24, 2.45) is 5.92 Å². The molecule has 0 bridgehead atoms. The number of hydrogen-bond acceptors (Lipinski definition) is 2. The van der Waals surface area contributed by atoms with Crippen molar-refractivity contribution >= 4 is 0 Å². The first kappa shape index (κ1) is 15.4. The number of benzene rings is 1. The summed E-state index contributed by atoms with van der Waals surface area (Å²) in [5.41, 5.74) is 0.204. The largest absolute Gasteiger partial charge is 0.317 e. The molecule has 4 heteroatoms. The van der Waals surface area contributed by atoms with Crippen molar-refractivity contribution < 1.29 is 8.78 Å². The van der Waals surface area contributed by atoms with E-state index in [1.807, 2.05) is 0 Å². The molecule has 0 unspecified atom stereocenters. The summed E-state index contributed by atoms with van der Waals surface area (Å²) in [5.74, 6) is -0.231. The highest BCUT2D eigenvalue weighted by atomic mass is 19.1. The highest BCUT2D eigenvalue weighted by molar-refractivity contribution is 5.19. The molecule has 1 fully saturated rings. The number of nitrogens with one attached hydrogen (secondary N) is 1. The Morgan fingerprint density at radius 1 is 1.20 bits per heavy atom. The molecule has 1 aliphatic rings. The van der Waals surface area contributed by atoms with E-state index in [2.05, 4.69) is 17.1 Å². The molecule has 2 nitrogen and oxygen atoms in total. The lowest BCUT2D eigenvalue weighted by Gasteiger charge is -2.30. The average Bonchev–Trinajstić information content (AvgIpc) is 2.44. The predicted octanol–water partition coefficient (Wildman–Crippen LogP) is 3.18. The smallest absolute Gasteiger partial charge is 0.130 e. The van der Waals surface area contributed by atoms with Crippen LogP contribution in [0.15, 0.2) is 18.2 Å².